The SMILES string of the molecule is N#CC1(C#N)C(C#N)(C#N)C12C(=O)Nc1ccccc12. The molecule has 1 heterocycles. The second-order valence-electron chi connectivity index (χ2n) is 4.70. The summed E-state index contributed by atoms with van der Waals surface area (Å²) in [5, 5.41) is 40.0. The molecule has 92 valence electrons. The van der Waals surface area contributed by atoms with Gasteiger partial charge in [-0.05, 0) is 11.6 Å². The lowest BCUT2D eigenvalue weighted by Crippen LogP contribution is -2.27. The number of hydrogen-bond donors (Lipinski definition) is 1. The van der Waals surface area contributed by atoms with Crippen molar-refractivity contribution in [3.8, 4) is 24.3 Å². The van der Waals surface area contributed by atoms with Crippen LogP contribution in [0.15, 0.2) is 24.3 Å². The van der Waals surface area contributed by atoms with Crippen LogP contribution in [0.4, 0.5) is 5.69 Å². The lowest BCUT2D eigenvalue weighted by atomic mass is 9.87. The number of amides is 1. The molecule has 0 aromatic heterocycles. The summed E-state index contributed by atoms with van der Waals surface area (Å²) in [4.78, 5) is 12.4. The van der Waals surface area contributed by atoms with Crippen LogP contribution in [0.1, 0.15) is 5.56 Å². The molecule has 2 aliphatic rings. The lowest BCUT2D eigenvalue weighted by Gasteiger charge is -2.07. The summed E-state index contributed by atoms with van der Waals surface area (Å²) in [6, 6.07) is 13.4. The van der Waals surface area contributed by atoms with E-state index in [-0.39, 0.29) is 0 Å². The van der Waals surface area contributed by atoms with E-state index in [9.17, 15) is 25.8 Å². The third-order valence-electron chi connectivity index (χ3n) is 4.22. The molecule has 0 atom stereocenters. The highest BCUT2D eigenvalue weighted by atomic mass is 16.2. The van der Waals surface area contributed by atoms with Gasteiger partial charge in [-0.25, -0.2) is 0 Å². The van der Waals surface area contributed by atoms with Crippen molar-refractivity contribution in [3.05, 3.63) is 29.8 Å². The molecule has 0 unspecified atom stereocenters. The maximum absolute atomic E-state index is 12.4. The fraction of sp³-hybridized carbons (Fsp3) is 0.214. The molecular formula is C14H5N5O. The molecule has 0 bridgehead atoms. The minimum absolute atomic E-state index is 0.358. The first-order chi connectivity index (χ1) is 9.61. The number of nitrogens with zero attached hydrogens (tertiary/aromatic N) is 4. The maximum atomic E-state index is 12.4. The van der Waals surface area contributed by atoms with E-state index in [1.165, 1.54) is 0 Å². The van der Waals surface area contributed by atoms with Crippen LogP contribution >= 0.6 is 0 Å². The highest BCUT2D eigenvalue weighted by molar-refractivity contribution is 6.13. The van der Waals surface area contributed by atoms with E-state index in [1.54, 1.807) is 48.5 Å². The van der Waals surface area contributed by atoms with E-state index in [0.717, 1.165) is 0 Å². The zero-order chi connectivity index (χ0) is 14.6. The van der Waals surface area contributed by atoms with Crippen LogP contribution in [0.2, 0.25) is 0 Å². The smallest absolute Gasteiger partial charge is 0.240 e. The quantitative estimate of drug-likeness (QED) is 0.742. The van der Waals surface area contributed by atoms with Gasteiger partial charge in [-0.15, -0.1) is 0 Å². The van der Waals surface area contributed by atoms with Crippen molar-refractivity contribution in [1.82, 2.24) is 0 Å². The number of fused-ring (bicyclic) bond motifs is 2. The average Bonchev–Trinajstić information content (AvgIpc) is 2.90. The molecule has 1 aromatic rings. The van der Waals surface area contributed by atoms with Gasteiger partial charge >= 0.3 is 0 Å². The Labute approximate surface area is 114 Å². The van der Waals surface area contributed by atoms with Crippen LogP contribution in [-0.4, -0.2) is 5.91 Å². The Morgan fingerprint density at radius 2 is 1.40 bits per heavy atom. The maximum Gasteiger partial charge on any atom is 0.240 e. The third kappa shape index (κ3) is 0.742. The van der Waals surface area contributed by atoms with Gasteiger partial charge in [0.05, 0.1) is 24.3 Å². The number of carbonyl (C=O) groups excluding carboxylic acids is 1. The highest BCUT2D eigenvalue weighted by Crippen LogP contribution is 2.80. The van der Waals surface area contributed by atoms with Gasteiger partial charge in [-0.3, -0.25) is 4.79 Å². The van der Waals surface area contributed by atoms with Crippen LogP contribution in [0.3, 0.4) is 0 Å². The summed E-state index contributed by atoms with van der Waals surface area (Å²) in [6.45, 7) is 0. The van der Waals surface area contributed by atoms with E-state index in [1.807, 2.05) is 0 Å². The second-order valence-corrected chi connectivity index (χ2v) is 4.70. The summed E-state index contributed by atoms with van der Waals surface area (Å²) >= 11 is 0. The summed E-state index contributed by atoms with van der Waals surface area (Å²) in [5.74, 6) is -0.648. The van der Waals surface area contributed by atoms with Gasteiger partial charge in [-0.1, -0.05) is 18.2 Å². The molecule has 1 amide bonds. The molecule has 0 saturated heterocycles. The lowest BCUT2D eigenvalue weighted by molar-refractivity contribution is -0.118. The molecule has 1 saturated carbocycles. The second kappa shape index (κ2) is 3.15. The minimum Gasteiger partial charge on any atom is -0.325 e. The number of para-hydroxylation sites is 1. The summed E-state index contributed by atoms with van der Waals surface area (Å²) in [6.07, 6.45) is 0. The molecule has 1 aromatic carbocycles. The van der Waals surface area contributed by atoms with Crippen molar-refractivity contribution in [1.29, 1.82) is 21.0 Å². The van der Waals surface area contributed by atoms with Crippen molar-refractivity contribution in [2.24, 2.45) is 10.8 Å². The summed E-state index contributed by atoms with van der Waals surface area (Å²) in [5.41, 5.74) is -4.92. The molecule has 1 aliphatic heterocycles. The van der Waals surface area contributed by atoms with Crippen LogP contribution < -0.4 is 5.32 Å². The van der Waals surface area contributed by atoms with Gasteiger partial charge in [-0.2, -0.15) is 21.0 Å². The number of anilines is 1. The Balaban J connectivity index is 2.45. The predicted octanol–water partition coefficient (Wildman–Crippen LogP) is 0.957. The Morgan fingerprint density at radius 3 is 1.90 bits per heavy atom. The number of benzene rings is 1. The number of rotatable bonds is 0. The van der Waals surface area contributed by atoms with Crippen LogP contribution in [0.5, 0.6) is 0 Å². The number of hydrogen-bond acceptors (Lipinski definition) is 5. The van der Waals surface area contributed by atoms with Crippen molar-refractivity contribution in [3.63, 3.8) is 0 Å². The van der Waals surface area contributed by atoms with Crippen molar-refractivity contribution in [2.75, 3.05) is 5.32 Å². The molecule has 20 heavy (non-hydrogen) atoms. The number of nitrogens with one attached hydrogen (secondary N) is 1. The van der Waals surface area contributed by atoms with E-state index in [2.05, 4.69) is 5.32 Å². The van der Waals surface area contributed by atoms with Crippen LogP contribution in [0.25, 0.3) is 0 Å². The van der Waals surface area contributed by atoms with Crippen LogP contribution in [0, 0.1) is 56.2 Å². The third-order valence-corrected chi connectivity index (χ3v) is 4.22. The van der Waals surface area contributed by atoms with Gasteiger partial charge < -0.3 is 5.32 Å². The van der Waals surface area contributed by atoms with E-state index in [0.29, 0.717) is 11.3 Å². The molecule has 3 rings (SSSR count). The van der Waals surface area contributed by atoms with Gasteiger partial charge in [0.15, 0.2) is 10.8 Å². The van der Waals surface area contributed by atoms with E-state index in [4.69, 9.17) is 0 Å². The number of carbonyl (C=O) groups is 1. The standard InChI is InChI=1S/C14H5N5O/c15-5-12(6-16)13(7-17,8-18)14(12)9-3-1-2-4-10(9)19-11(14)20/h1-4H,(H,19,20). The molecular weight excluding hydrogens is 254 g/mol. The largest absolute Gasteiger partial charge is 0.325 e. The monoisotopic (exact) mass is 259 g/mol. The fourth-order valence-corrected chi connectivity index (χ4v) is 3.29. The minimum atomic E-state index is -1.99. The van der Waals surface area contributed by atoms with Crippen molar-refractivity contribution < 1.29 is 4.79 Å². The molecule has 1 N–H and O–H groups in total. The molecule has 6 heteroatoms. The summed E-state index contributed by atoms with van der Waals surface area (Å²) < 4.78 is 0. The molecule has 1 spiro atoms. The van der Waals surface area contributed by atoms with Gasteiger partial charge in [0, 0.05) is 5.69 Å². The van der Waals surface area contributed by atoms with Crippen LogP contribution in [-0.2, 0) is 10.2 Å². The first kappa shape index (κ1) is 11.7. The van der Waals surface area contributed by atoms with Crippen molar-refractivity contribution in [2.45, 2.75) is 5.41 Å². The molecule has 6 nitrogen and oxygen atoms in total. The zero-order valence-corrected chi connectivity index (χ0v) is 10.0. The molecule has 1 aliphatic carbocycles. The topological polar surface area (TPSA) is 124 Å². The Morgan fingerprint density at radius 1 is 0.900 bits per heavy atom. The molecule has 0 radical (unpaired) electrons. The first-order valence-electron chi connectivity index (χ1n) is 5.68. The highest BCUT2D eigenvalue weighted by Gasteiger charge is 2.97. The van der Waals surface area contributed by atoms with Gasteiger partial charge in [0.1, 0.15) is 5.41 Å². The van der Waals surface area contributed by atoms with Gasteiger partial charge in [0.25, 0.3) is 0 Å². The number of nitriles is 4. The Hall–Kier alpha value is -3.35. The Kier molecular flexibility index (Phi) is 1.85. The normalized spacial score (nSPS) is 21.5. The van der Waals surface area contributed by atoms with E-state index >= 15 is 0 Å². The first-order valence-corrected chi connectivity index (χ1v) is 5.68. The zero-order valence-electron chi connectivity index (χ0n) is 10.0. The predicted molar refractivity (Wildman–Crippen MR) is 64.1 cm³/mol. The van der Waals surface area contributed by atoms with Gasteiger partial charge in [0.2, 0.25) is 5.91 Å². The fourth-order valence-electron chi connectivity index (χ4n) is 3.29. The van der Waals surface area contributed by atoms with E-state index < -0.39 is 22.2 Å². The Bertz CT molecular complexity index is 761. The average molecular weight is 259 g/mol. The summed E-state index contributed by atoms with van der Waals surface area (Å²) in [7, 11) is 0. The van der Waals surface area contributed by atoms with Crippen molar-refractivity contribution >= 4 is 11.6 Å². The molecule has 1 fully saturated rings.